The maximum absolute atomic E-state index is 13.0. The van der Waals surface area contributed by atoms with Crippen LogP contribution in [-0.4, -0.2) is 12.1 Å². The van der Waals surface area contributed by atoms with E-state index >= 15 is 0 Å². The maximum atomic E-state index is 13.0. The molecule has 0 bridgehead atoms. The summed E-state index contributed by atoms with van der Waals surface area (Å²) in [5, 5.41) is 0. The van der Waals surface area contributed by atoms with Gasteiger partial charge < -0.3 is 4.74 Å². The summed E-state index contributed by atoms with van der Waals surface area (Å²) in [5.41, 5.74) is -2.90. The van der Waals surface area contributed by atoms with Gasteiger partial charge in [0.1, 0.15) is 11.4 Å². The van der Waals surface area contributed by atoms with Crippen molar-refractivity contribution in [1.82, 2.24) is 4.98 Å². The largest absolute Gasteiger partial charge is 0.481 e. The molecule has 1 aromatic rings. The van der Waals surface area contributed by atoms with Gasteiger partial charge in [0, 0.05) is 6.07 Å². The van der Waals surface area contributed by atoms with E-state index in [0.717, 1.165) is 7.11 Å². The normalized spacial score (nSPS) is 12.0. The summed E-state index contributed by atoms with van der Waals surface area (Å²) in [6, 6.07) is -0.0932. The topological polar surface area (TPSA) is 22.1 Å². The highest BCUT2D eigenvalue weighted by molar-refractivity contribution is 5.31. The lowest BCUT2D eigenvalue weighted by atomic mass is 10.2. The lowest BCUT2D eigenvalue weighted by Crippen LogP contribution is -2.11. The van der Waals surface area contributed by atoms with E-state index in [1.807, 2.05) is 0 Å². The van der Waals surface area contributed by atoms with Crippen molar-refractivity contribution in [2.45, 2.75) is 12.6 Å². The average molecular weight is 245 g/mol. The van der Waals surface area contributed by atoms with E-state index in [1.54, 1.807) is 0 Å². The Balaban J connectivity index is 3.38. The lowest BCUT2D eigenvalue weighted by Gasteiger charge is -2.11. The number of ether oxygens (including phenoxy) is 1. The summed E-state index contributed by atoms with van der Waals surface area (Å²) < 4.78 is 78.1. The second-order valence-corrected chi connectivity index (χ2v) is 2.71. The monoisotopic (exact) mass is 245 g/mol. The molecule has 0 saturated heterocycles. The molecule has 0 N–H and O–H groups in total. The standard InChI is InChI=1S/C8H5F6NO/c1-16-7-5(6(10)11)3(9)2-4(15-7)8(12,13)14/h2,6H,1H3. The van der Waals surface area contributed by atoms with Gasteiger partial charge in [0.2, 0.25) is 5.88 Å². The van der Waals surface area contributed by atoms with Gasteiger partial charge in [0.05, 0.1) is 7.11 Å². The molecule has 16 heavy (non-hydrogen) atoms. The molecule has 1 aromatic heterocycles. The second-order valence-electron chi connectivity index (χ2n) is 2.71. The minimum atomic E-state index is -4.92. The third-order valence-corrected chi connectivity index (χ3v) is 1.68. The number of methoxy groups -OCH3 is 1. The first-order valence-corrected chi connectivity index (χ1v) is 3.87. The van der Waals surface area contributed by atoms with Gasteiger partial charge in [-0.25, -0.2) is 18.2 Å². The van der Waals surface area contributed by atoms with Crippen molar-refractivity contribution in [3.05, 3.63) is 23.1 Å². The van der Waals surface area contributed by atoms with Crippen molar-refractivity contribution in [2.24, 2.45) is 0 Å². The van der Waals surface area contributed by atoms with Crippen molar-refractivity contribution in [2.75, 3.05) is 7.11 Å². The molecule has 1 heterocycles. The summed E-state index contributed by atoms with van der Waals surface area (Å²) in [5.74, 6) is -2.77. The number of nitrogens with zero attached hydrogens (tertiary/aromatic N) is 1. The smallest absolute Gasteiger partial charge is 0.433 e. The highest BCUT2D eigenvalue weighted by Gasteiger charge is 2.35. The molecule has 90 valence electrons. The number of hydrogen-bond donors (Lipinski definition) is 0. The number of alkyl halides is 5. The van der Waals surface area contributed by atoms with E-state index < -0.39 is 35.6 Å². The predicted molar refractivity (Wildman–Crippen MR) is 40.7 cm³/mol. The Hall–Kier alpha value is -1.47. The molecule has 0 unspecified atom stereocenters. The molecule has 0 radical (unpaired) electrons. The van der Waals surface area contributed by atoms with Crippen molar-refractivity contribution in [3.63, 3.8) is 0 Å². The van der Waals surface area contributed by atoms with Crippen LogP contribution in [0.3, 0.4) is 0 Å². The molecule has 2 nitrogen and oxygen atoms in total. The van der Waals surface area contributed by atoms with Crippen LogP contribution < -0.4 is 4.74 Å². The third kappa shape index (κ3) is 2.37. The van der Waals surface area contributed by atoms with E-state index in [1.165, 1.54) is 0 Å². The highest BCUT2D eigenvalue weighted by atomic mass is 19.4. The first kappa shape index (κ1) is 12.6. The van der Waals surface area contributed by atoms with Crippen LogP contribution in [0, 0.1) is 5.82 Å². The minimum absolute atomic E-state index is 0.0932. The number of rotatable bonds is 2. The Labute approximate surface area is 85.9 Å². The molecular weight excluding hydrogens is 240 g/mol. The minimum Gasteiger partial charge on any atom is -0.481 e. The zero-order chi connectivity index (χ0) is 12.5. The van der Waals surface area contributed by atoms with Gasteiger partial charge in [-0.05, 0) is 0 Å². The van der Waals surface area contributed by atoms with Gasteiger partial charge in [0.15, 0.2) is 5.69 Å². The van der Waals surface area contributed by atoms with Gasteiger partial charge in [0.25, 0.3) is 6.43 Å². The van der Waals surface area contributed by atoms with Crippen molar-refractivity contribution in [3.8, 4) is 5.88 Å². The zero-order valence-corrected chi connectivity index (χ0v) is 7.78. The zero-order valence-electron chi connectivity index (χ0n) is 7.78. The second kappa shape index (κ2) is 4.18. The van der Waals surface area contributed by atoms with Crippen LogP contribution in [0.5, 0.6) is 5.88 Å². The van der Waals surface area contributed by atoms with Crippen LogP contribution in [0.2, 0.25) is 0 Å². The predicted octanol–water partition coefficient (Wildman–Crippen LogP) is 3.19. The summed E-state index contributed by atoms with van der Waals surface area (Å²) in [4.78, 5) is 2.78. The number of hydrogen-bond acceptors (Lipinski definition) is 2. The van der Waals surface area contributed by atoms with Crippen molar-refractivity contribution >= 4 is 0 Å². The van der Waals surface area contributed by atoms with Gasteiger partial charge in [-0.15, -0.1) is 0 Å². The first-order valence-electron chi connectivity index (χ1n) is 3.87. The summed E-state index contributed by atoms with van der Waals surface area (Å²) >= 11 is 0. The maximum Gasteiger partial charge on any atom is 0.433 e. The van der Waals surface area contributed by atoms with E-state index in [2.05, 4.69) is 9.72 Å². The molecule has 0 aromatic carbocycles. The molecule has 1 rings (SSSR count). The Kier molecular flexibility index (Phi) is 3.30. The third-order valence-electron chi connectivity index (χ3n) is 1.68. The quantitative estimate of drug-likeness (QED) is 0.746. The molecule has 0 amide bonds. The summed E-state index contributed by atoms with van der Waals surface area (Å²) in [6.07, 6.45) is -8.22. The van der Waals surface area contributed by atoms with Gasteiger partial charge >= 0.3 is 6.18 Å². The summed E-state index contributed by atoms with van der Waals surface area (Å²) in [6.45, 7) is 0. The molecule has 0 spiro atoms. The fourth-order valence-corrected chi connectivity index (χ4v) is 1.00. The summed E-state index contributed by atoms with van der Waals surface area (Å²) in [7, 11) is 0.827. The van der Waals surface area contributed by atoms with Crippen molar-refractivity contribution in [1.29, 1.82) is 0 Å². The molecule has 0 aliphatic carbocycles. The molecule has 8 heteroatoms. The first-order chi connectivity index (χ1) is 7.27. The molecule has 0 aliphatic rings. The van der Waals surface area contributed by atoms with Crippen LogP contribution in [0.25, 0.3) is 0 Å². The Bertz CT molecular complexity index is 389. The van der Waals surface area contributed by atoms with E-state index in [-0.39, 0.29) is 6.07 Å². The number of pyridine rings is 1. The molecule has 0 fully saturated rings. The van der Waals surface area contributed by atoms with Gasteiger partial charge in [-0.3, -0.25) is 0 Å². The number of aromatic nitrogens is 1. The molecule has 0 atom stereocenters. The molecule has 0 aliphatic heterocycles. The van der Waals surface area contributed by atoms with Crippen molar-refractivity contribution < 1.29 is 31.1 Å². The fourth-order valence-electron chi connectivity index (χ4n) is 1.00. The van der Waals surface area contributed by atoms with E-state index in [9.17, 15) is 26.3 Å². The molecule has 0 saturated carbocycles. The highest BCUT2D eigenvalue weighted by Crippen LogP contribution is 2.35. The molecular formula is C8H5F6NO. The SMILES string of the molecule is COc1nc(C(F)(F)F)cc(F)c1C(F)F. The Morgan fingerprint density at radius 2 is 1.88 bits per heavy atom. The van der Waals surface area contributed by atoms with Gasteiger partial charge in [-0.2, -0.15) is 13.2 Å². The van der Waals surface area contributed by atoms with Crippen LogP contribution in [0.4, 0.5) is 26.3 Å². The lowest BCUT2D eigenvalue weighted by molar-refractivity contribution is -0.141. The van der Waals surface area contributed by atoms with Crippen LogP contribution >= 0.6 is 0 Å². The Morgan fingerprint density at radius 1 is 1.31 bits per heavy atom. The van der Waals surface area contributed by atoms with E-state index in [0.29, 0.717) is 0 Å². The average Bonchev–Trinajstić information content (AvgIpc) is 2.14. The van der Waals surface area contributed by atoms with Crippen LogP contribution in [0.15, 0.2) is 6.07 Å². The van der Waals surface area contributed by atoms with Gasteiger partial charge in [-0.1, -0.05) is 0 Å². The fraction of sp³-hybridized carbons (Fsp3) is 0.375. The Morgan fingerprint density at radius 3 is 2.25 bits per heavy atom. The number of halogens is 6. The van der Waals surface area contributed by atoms with Crippen LogP contribution in [-0.2, 0) is 6.18 Å². The van der Waals surface area contributed by atoms with E-state index in [4.69, 9.17) is 0 Å². The van der Waals surface area contributed by atoms with Crippen LogP contribution in [0.1, 0.15) is 17.7 Å².